The SMILES string of the molecule is CC(C)c1ccccc1-c1ncc2c(n1)N(Cc1ccc(C(=O)CC3(c4ccccc4)CCCC3)cc1)C(=O)C2. The van der Waals surface area contributed by atoms with Crippen LogP contribution in [-0.2, 0) is 23.2 Å². The van der Waals surface area contributed by atoms with Crippen LogP contribution < -0.4 is 4.90 Å². The van der Waals surface area contributed by atoms with E-state index in [0.717, 1.165) is 35.1 Å². The van der Waals surface area contributed by atoms with E-state index in [2.05, 4.69) is 49.2 Å². The quantitative estimate of drug-likeness (QED) is 0.223. The van der Waals surface area contributed by atoms with Gasteiger partial charge in [0.1, 0.15) is 5.82 Å². The highest BCUT2D eigenvalue weighted by Gasteiger charge is 2.37. The van der Waals surface area contributed by atoms with Gasteiger partial charge in [-0.3, -0.25) is 14.5 Å². The zero-order valence-corrected chi connectivity index (χ0v) is 23.3. The average Bonchev–Trinajstić information content (AvgIpc) is 3.58. The molecule has 0 spiro atoms. The van der Waals surface area contributed by atoms with E-state index in [0.29, 0.717) is 36.9 Å². The van der Waals surface area contributed by atoms with Gasteiger partial charge in [-0.05, 0) is 35.4 Å². The molecule has 1 amide bonds. The number of carbonyl (C=O) groups excluding carboxylic acids is 2. The van der Waals surface area contributed by atoms with E-state index in [1.165, 1.54) is 24.0 Å². The maximum Gasteiger partial charge on any atom is 0.233 e. The number of Topliss-reactive ketones (excluding diaryl/α,β-unsaturated/α-hetero) is 1. The summed E-state index contributed by atoms with van der Waals surface area (Å²) >= 11 is 0. The van der Waals surface area contributed by atoms with Crippen LogP contribution in [0.15, 0.2) is 85.1 Å². The van der Waals surface area contributed by atoms with Crippen molar-refractivity contribution in [1.82, 2.24) is 9.97 Å². The lowest BCUT2D eigenvalue weighted by atomic mass is 9.74. The molecular weight excluding hydrogens is 494 g/mol. The second-order valence-electron chi connectivity index (χ2n) is 11.6. The lowest BCUT2D eigenvalue weighted by Gasteiger charge is -2.29. The van der Waals surface area contributed by atoms with Crippen molar-refractivity contribution >= 4 is 17.5 Å². The first-order chi connectivity index (χ1) is 19.4. The molecule has 0 bridgehead atoms. The van der Waals surface area contributed by atoms with Crippen LogP contribution in [0.1, 0.15) is 84.5 Å². The second kappa shape index (κ2) is 10.8. The first-order valence-electron chi connectivity index (χ1n) is 14.4. The van der Waals surface area contributed by atoms with E-state index >= 15 is 0 Å². The van der Waals surface area contributed by atoms with Crippen LogP contribution in [0.25, 0.3) is 11.4 Å². The third-order valence-corrected chi connectivity index (χ3v) is 8.63. The van der Waals surface area contributed by atoms with Crippen molar-refractivity contribution in [3.63, 3.8) is 0 Å². The molecule has 1 aliphatic heterocycles. The number of fused-ring (bicyclic) bond motifs is 1. The van der Waals surface area contributed by atoms with Gasteiger partial charge in [0.15, 0.2) is 11.6 Å². The Balaban J connectivity index is 1.21. The smallest absolute Gasteiger partial charge is 0.233 e. The van der Waals surface area contributed by atoms with Crippen LogP contribution in [0.3, 0.4) is 0 Å². The molecule has 4 aromatic rings. The summed E-state index contributed by atoms with van der Waals surface area (Å²) in [5.74, 6) is 1.86. The predicted octanol–water partition coefficient (Wildman–Crippen LogP) is 7.44. The van der Waals surface area contributed by atoms with E-state index < -0.39 is 0 Å². The second-order valence-corrected chi connectivity index (χ2v) is 11.6. The van der Waals surface area contributed by atoms with Gasteiger partial charge in [0.05, 0.1) is 13.0 Å². The standard InChI is InChI=1S/C35H35N3O2/c1-24(2)29-12-6-7-13-30(29)33-36-22-27-20-32(40)38(34(27)37-33)23-25-14-16-26(17-15-25)31(39)21-35(18-8-9-19-35)28-10-4-3-5-11-28/h3-7,10-17,22,24H,8-9,18-21,23H2,1-2H3. The van der Waals surface area contributed by atoms with E-state index in [1.54, 1.807) is 11.1 Å². The van der Waals surface area contributed by atoms with Crippen molar-refractivity contribution < 1.29 is 9.59 Å². The molecule has 40 heavy (non-hydrogen) atoms. The minimum absolute atomic E-state index is 0.0183. The fraction of sp³-hybridized carbons (Fsp3) is 0.314. The lowest BCUT2D eigenvalue weighted by Crippen LogP contribution is -2.27. The Morgan fingerprint density at radius 3 is 2.35 bits per heavy atom. The Hall–Kier alpha value is -4.12. The number of nitrogens with zero attached hydrogens (tertiary/aromatic N) is 3. The van der Waals surface area contributed by atoms with Crippen LogP contribution in [0.2, 0.25) is 0 Å². The maximum atomic E-state index is 13.4. The molecule has 2 aliphatic rings. The summed E-state index contributed by atoms with van der Waals surface area (Å²) in [6, 6.07) is 26.5. The molecule has 0 unspecified atom stereocenters. The topological polar surface area (TPSA) is 63.2 Å². The van der Waals surface area contributed by atoms with Gasteiger partial charge in [-0.1, -0.05) is 106 Å². The summed E-state index contributed by atoms with van der Waals surface area (Å²) in [7, 11) is 0. The Kier molecular flexibility index (Phi) is 7.05. The van der Waals surface area contributed by atoms with Gasteiger partial charge in [-0.2, -0.15) is 0 Å². The van der Waals surface area contributed by atoms with Crippen LogP contribution in [-0.4, -0.2) is 21.7 Å². The number of rotatable bonds is 8. The molecular formula is C35H35N3O2. The molecule has 1 aromatic heterocycles. The highest BCUT2D eigenvalue weighted by molar-refractivity contribution is 6.00. The van der Waals surface area contributed by atoms with Gasteiger partial charge in [-0.15, -0.1) is 0 Å². The van der Waals surface area contributed by atoms with Crippen molar-refractivity contribution in [2.24, 2.45) is 0 Å². The number of ketones is 1. The fourth-order valence-corrected chi connectivity index (χ4v) is 6.43. The Morgan fingerprint density at radius 2 is 1.62 bits per heavy atom. The number of aromatic nitrogens is 2. The summed E-state index contributed by atoms with van der Waals surface area (Å²) in [5.41, 5.74) is 5.96. The molecule has 0 N–H and O–H groups in total. The molecule has 6 rings (SSSR count). The van der Waals surface area contributed by atoms with Gasteiger partial charge >= 0.3 is 0 Å². The molecule has 0 radical (unpaired) electrons. The molecule has 202 valence electrons. The molecule has 1 aliphatic carbocycles. The zero-order valence-electron chi connectivity index (χ0n) is 23.3. The average molecular weight is 530 g/mol. The Morgan fingerprint density at radius 1 is 0.925 bits per heavy atom. The number of carbonyl (C=O) groups is 2. The monoisotopic (exact) mass is 529 g/mol. The van der Waals surface area contributed by atoms with Crippen molar-refractivity contribution in [3.05, 3.63) is 113 Å². The Labute approximate surface area is 236 Å². The van der Waals surface area contributed by atoms with Crippen LogP contribution in [0, 0.1) is 0 Å². The van der Waals surface area contributed by atoms with Gasteiger partial charge in [0.25, 0.3) is 0 Å². The summed E-state index contributed by atoms with van der Waals surface area (Å²) in [6.45, 7) is 4.73. The largest absolute Gasteiger partial charge is 0.294 e. The molecule has 0 atom stereocenters. The summed E-state index contributed by atoms with van der Waals surface area (Å²) in [6.07, 6.45) is 7.08. The molecule has 3 aromatic carbocycles. The molecule has 0 saturated heterocycles. The first kappa shape index (κ1) is 26.1. The van der Waals surface area contributed by atoms with E-state index in [4.69, 9.17) is 4.98 Å². The normalized spacial score (nSPS) is 16.0. The molecule has 5 nitrogen and oxygen atoms in total. The van der Waals surface area contributed by atoms with E-state index in [9.17, 15) is 9.59 Å². The van der Waals surface area contributed by atoms with Crippen molar-refractivity contribution in [2.45, 2.75) is 70.3 Å². The summed E-state index contributed by atoms with van der Waals surface area (Å²) in [5, 5.41) is 0. The summed E-state index contributed by atoms with van der Waals surface area (Å²) in [4.78, 5) is 37.7. The van der Waals surface area contributed by atoms with Gasteiger partial charge in [0.2, 0.25) is 5.91 Å². The fourth-order valence-electron chi connectivity index (χ4n) is 6.43. The van der Waals surface area contributed by atoms with E-state index in [1.807, 2.05) is 48.5 Å². The van der Waals surface area contributed by atoms with Crippen molar-refractivity contribution in [2.75, 3.05) is 4.90 Å². The minimum atomic E-state index is -0.0612. The molecule has 1 fully saturated rings. The van der Waals surface area contributed by atoms with Gasteiger partial charge < -0.3 is 0 Å². The van der Waals surface area contributed by atoms with Crippen LogP contribution in [0.4, 0.5) is 5.82 Å². The van der Waals surface area contributed by atoms with Gasteiger partial charge in [-0.25, -0.2) is 9.97 Å². The van der Waals surface area contributed by atoms with Gasteiger partial charge in [0, 0.05) is 34.7 Å². The summed E-state index contributed by atoms with van der Waals surface area (Å²) < 4.78 is 0. The van der Waals surface area contributed by atoms with Crippen LogP contribution >= 0.6 is 0 Å². The Bertz CT molecular complexity index is 1540. The van der Waals surface area contributed by atoms with Crippen LogP contribution in [0.5, 0.6) is 0 Å². The van der Waals surface area contributed by atoms with Crippen molar-refractivity contribution in [3.8, 4) is 11.4 Å². The lowest BCUT2D eigenvalue weighted by molar-refractivity contribution is -0.117. The zero-order chi connectivity index (χ0) is 27.7. The molecule has 2 heterocycles. The van der Waals surface area contributed by atoms with E-state index in [-0.39, 0.29) is 17.1 Å². The minimum Gasteiger partial charge on any atom is -0.294 e. The third kappa shape index (κ3) is 4.97. The molecule has 5 heteroatoms. The highest BCUT2D eigenvalue weighted by atomic mass is 16.2. The first-order valence-corrected chi connectivity index (χ1v) is 14.4. The number of amides is 1. The van der Waals surface area contributed by atoms with Crippen molar-refractivity contribution in [1.29, 1.82) is 0 Å². The third-order valence-electron chi connectivity index (χ3n) is 8.63. The number of anilines is 1. The predicted molar refractivity (Wildman–Crippen MR) is 158 cm³/mol. The highest BCUT2D eigenvalue weighted by Crippen LogP contribution is 2.44. The maximum absolute atomic E-state index is 13.4. The number of benzene rings is 3. The number of hydrogen-bond donors (Lipinski definition) is 0. The number of hydrogen-bond acceptors (Lipinski definition) is 4. The molecule has 1 saturated carbocycles.